The molecule has 0 atom stereocenters. The fourth-order valence-electron chi connectivity index (χ4n) is 1.86. The van der Waals surface area contributed by atoms with Crippen LogP contribution in [0.2, 0.25) is 0 Å². The van der Waals surface area contributed by atoms with Crippen molar-refractivity contribution < 1.29 is 0 Å². The van der Waals surface area contributed by atoms with Crippen LogP contribution in [0, 0.1) is 37.9 Å². The highest BCUT2D eigenvalue weighted by Crippen LogP contribution is 2.17. The Morgan fingerprint density at radius 3 is 1.05 bits per heavy atom. The van der Waals surface area contributed by atoms with E-state index in [1.54, 1.807) is 6.92 Å². The van der Waals surface area contributed by atoms with E-state index in [1.807, 2.05) is 48.5 Å². The molecule has 0 heterocycles. The average molecular weight is 613 g/mol. The number of hydrazone groups is 1. The number of nitrogens with two attached hydrogens (primary N) is 5. The van der Waals surface area contributed by atoms with Gasteiger partial charge in [0.25, 0.3) is 0 Å². The van der Waals surface area contributed by atoms with Crippen LogP contribution in [0.15, 0.2) is 15.1 Å². The summed E-state index contributed by atoms with van der Waals surface area (Å²) in [5.74, 6) is 1.96. The van der Waals surface area contributed by atoms with Crippen molar-refractivity contribution in [1.82, 2.24) is 5.43 Å². The summed E-state index contributed by atoms with van der Waals surface area (Å²) >= 11 is 0. The Bertz CT molecular complexity index is 831. The first-order valence-electron chi connectivity index (χ1n) is 14.5. The molecule has 0 aromatic carbocycles. The smallest absolute Gasteiger partial charge is 0.116 e. The van der Waals surface area contributed by atoms with Crippen molar-refractivity contribution in [1.29, 1.82) is 16.2 Å². The summed E-state index contributed by atoms with van der Waals surface area (Å²) in [6, 6.07) is 0. The third-order valence-electron chi connectivity index (χ3n) is 3.80. The second-order valence-corrected chi connectivity index (χ2v) is 16.0. The van der Waals surface area contributed by atoms with Crippen molar-refractivity contribution in [3.8, 4) is 0 Å². The highest BCUT2D eigenvalue weighted by molar-refractivity contribution is 5.82. The van der Waals surface area contributed by atoms with Crippen LogP contribution in [-0.4, -0.2) is 47.6 Å². The molecule has 256 valence electrons. The van der Waals surface area contributed by atoms with E-state index >= 15 is 0 Å². The molecule has 0 aliphatic heterocycles. The minimum atomic E-state index is -0.139. The number of aliphatic imine (C=N–C) groups is 2. The molecule has 0 bridgehead atoms. The van der Waals surface area contributed by atoms with Crippen LogP contribution in [0.5, 0.6) is 0 Å². The summed E-state index contributed by atoms with van der Waals surface area (Å²) < 4.78 is 0. The van der Waals surface area contributed by atoms with Gasteiger partial charge in [-0.25, -0.2) is 0 Å². The largest absolute Gasteiger partial charge is 0.388 e. The zero-order valence-corrected chi connectivity index (χ0v) is 30.9. The van der Waals surface area contributed by atoms with Gasteiger partial charge in [0.15, 0.2) is 0 Å². The van der Waals surface area contributed by atoms with E-state index in [-0.39, 0.29) is 44.7 Å². The molecule has 0 unspecified atom stereocenters. The van der Waals surface area contributed by atoms with E-state index in [0.29, 0.717) is 24.5 Å². The Kier molecular flexibility index (Phi) is 25.8. The van der Waals surface area contributed by atoms with Gasteiger partial charge in [0.05, 0.1) is 28.9 Å². The second-order valence-electron chi connectivity index (χ2n) is 16.0. The highest BCUT2D eigenvalue weighted by atomic mass is 15.3. The minimum Gasteiger partial charge on any atom is -0.388 e. The first kappa shape index (κ1) is 49.5. The van der Waals surface area contributed by atoms with Crippen LogP contribution in [0.4, 0.5) is 0 Å². The molecule has 0 radical (unpaired) electrons. The van der Waals surface area contributed by atoms with Gasteiger partial charge in [-0.3, -0.25) is 31.6 Å². The third-order valence-corrected chi connectivity index (χ3v) is 3.80. The van der Waals surface area contributed by atoms with Gasteiger partial charge >= 0.3 is 0 Å². The lowest BCUT2D eigenvalue weighted by molar-refractivity contribution is 0.429. The number of hydrogen-bond acceptors (Lipinski definition) is 6. The van der Waals surface area contributed by atoms with Crippen LogP contribution < -0.4 is 34.1 Å². The highest BCUT2D eigenvalue weighted by Gasteiger charge is 2.12. The van der Waals surface area contributed by atoms with Gasteiger partial charge in [-0.1, -0.05) is 83.1 Å². The Hall–Kier alpha value is -3.18. The molecule has 0 fully saturated rings. The molecule has 0 aliphatic rings. The first-order chi connectivity index (χ1) is 18.6. The van der Waals surface area contributed by atoms with E-state index in [0.717, 1.165) is 6.54 Å². The lowest BCUT2D eigenvalue weighted by Gasteiger charge is -2.15. The summed E-state index contributed by atoms with van der Waals surface area (Å²) in [5.41, 5.74) is 29.1. The maximum Gasteiger partial charge on any atom is 0.116 e. The molecular formula is C31H72N12. The predicted octanol–water partition coefficient (Wildman–Crippen LogP) is 5.79. The molecule has 14 N–H and O–H groups in total. The SMILES string of the molecule is C/C(N)=N\NC=NC(C)(C)C.CC(C)(C)C(=N)N.CC(C)(C)CC(=N)N.CC(C)(C)CC(=N)N.CC(N)=NCC(C)(C)C. The lowest BCUT2D eigenvalue weighted by atomic mass is 9.92. The van der Waals surface area contributed by atoms with Gasteiger partial charge < -0.3 is 28.7 Å². The summed E-state index contributed by atoms with van der Waals surface area (Å²) in [4.78, 5) is 8.22. The molecule has 43 heavy (non-hydrogen) atoms. The molecule has 12 heteroatoms. The lowest BCUT2D eigenvalue weighted by Crippen LogP contribution is -2.27. The Labute approximate surface area is 265 Å². The number of amidine groups is 5. The molecule has 0 spiro atoms. The van der Waals surface area contributed by atoms with Gasteiger partial charge in [0.2, 0.25) is 0 Å². The number of hydrogen-bond donors (Lipinski definition) is 9. The minimum absolute atomic E-state index is 0.0645. The van der Waals surface area contributed by atoms with E-state index in [4.69, 9.17) is 44.9 Å². The molecule has 0 saturated heterocycles. The molecule has 0 rings (SSSR count). The Balaban J connectivity index is -0.000000141. The molecule has 0 amide bonds. The van der Waals surface area contributed by atoms with Gasteiger partial charge in [0, 0.05) is 24.8 Å². The van der Waals surface area contributed by atoms with Crippen LogP contribution >= 0.6 is 0 Å². The van der Waals surface area contributed by atoms with Crippen LogP contribution in [0.3, 0.4) is 0 Å². The molecule has 0 aliphatic carbocycles. The van der Waals surface area contributed by atoms with E-state index in [1.165, 1.54) is 6.34 Å². The Morgan fingerprint density at radius 1 is 0.605 bits per heavy atom. The van der Waals surface area contributed by atoms with E-state index < -0.39 is 0 Å². The summed E-state index contributed by atoms with van der Waals surface area (Å²) in [7, 11) is 0. The van der Waals surface area contributed by atoms with Crippen LogP contribution in [0.25, 0.3) is 0 Å². The number of rotatable bonds is 5. The molecule has 0 saturated carbocycles. The van der Waals surface area contributed by atoms with Gasteiger partial charge in [-0.05, 0) is 50.9 Å². The quantitative estimate of drug-likeness (QED) is 0.105. The topological polar surface area (TPSA) is 251 Å². The standard InChI is InChI=1S/C7H16N4.C7H16N2.2C6H14N2.C5H12N2/c1-6(8)11-10-5-9-7(2,3)4;1-6(8)9-5-7(2,3)4;2*1-6(2,3)4-5(7)8;1-5(2,3)4(6)7/h5H,1-4H3,(H2,8,11)(H,9,10);5H2,1-4H3,(H2,8,9);2*4H2,1-3H3,(H3,7,8);1-3H3,(H3,6,7). The third kappa shape index (κ3) is 73.2. The number of nitrogens with one attached hydrogen (secondary N) is 4. The molecular weight excluding hydrogens is 540 g/mol. The van der Waals surface area contributed by atoms with Gasteiger partial charge in [-0.2, -0.15) is 5.10 Å². The molecule has 0 aromatic heterocycles. The van der Waals surface area contributed by atoms with Crippen molar-refractivity contribution in [3.63, 3.8) is 0 Å². The van der Waals surface area contributed by atoms with Crippen molar-refractivity contribution >= 4 is 35.5 Å². The summed E-state index contributed by atoms with van der Waals surface area (Å²) in [5, 5.41) is 24.5. The average Bonchev–Trinajstić information content (AvgIpc) is 2.66. The summed E-state index contributed by atoms with van der Waals surface area (Å²) in [6.45, 7) is 34.9. The molecule has 12 nitrogen and oxygen atoms in total. The monoisotopic (exact) mass is 613 g/mol. The maximum absolute atomic E-state index is 6.93. The van der Waals surface area contributed by atoms with E-state index in [2.05, 4.69) is 82.8 Å². The Morgan fingerprint density at radius 2 is 0.930 bits per heavy atom. The number of nitrogens with zero attached hydrogens (tertiary/aromatic N) is 3. The maximum atomic E-state index is 6.93. The predicted molar refractivity (Wildman–Crippen MR) is 194 cm³/mol. The van der Waals surface area contributed by atoms with Gasteiger partial charge in [0.1, 0.15) is 12.2 Å². The van der Waals surface area contributed by atoms with Gasteiger partial charge in [-0.15, -0.1) is 0 Å². The van der Waals surface area contributed by atoms with E-state index in [9.17, 15) is 0 Å². The van der Waals surface area contributed by atoms with Crippen molar-refractivity contribution in [2.75, 3.05) is 6.54 Å². The first-order valence-corrected chi connectivity index (χ1v) is 14.5. The zero-order chi connectivity index (χ0) is 36.0. The van der Waals surface area contributed by atoms with Crippen LogP contribution in [-0.2, 0) is 0 Å². The fourth-order valence-corrected chi connectivity index (χ4v) is 1.86. The summed E-state index contributed by atoms with van der Waals surface area (Å²) in [6.07, 6.45) is 2.91. The fraction of sp³-hybridized carbons (Fsp3) is 0.806. The zero-order valence-electron chi connectivity index (χ0n) is 30.9. The second kappa shape index (κ2) is 22.4. The van der Waals surface area contributed by atoms with Crippen molar-refractivity contribution in [2.24, 2.45) is 65.4 Å². The van der Waals surface area contributed by atoms with Crippen molar-refractivity contribution in [2.45, 2.75) is 136 Å². The van der Waals surface area contributed by atoms with Crippen molar-refractivity contribution in [3.05, 3.63) is 0 Å². The normalized spacial score (nSPS) is 12.6. The molecule has 0 aromatic rings. The van der Waals surface area contributed by atoms with Crippen LogP contribution in [0.1, 0.15) is 131 Å².